The van der Waals surface area contributed by atoms with E-state index in [0.29, 0.717) is 11.7 Å². The van der Waals surface area contributed by atoms with Crippen molar-refractivity contribution in [2.24, 2.45) is 5.92 Å². The number of benzene rings is 1. The van der Waals surface area contributed by atoms with Crippen molar-refractivity contribution < 1.29 is 14.3 Å². The molecule has 0 saturated carbocycles. The predicted octanol–water partition coefficient (Wildman–Crippen LogP) is 1.19. The van der Waals surface area contributed by atoms with Gasteiger partial charge in [0.15, 0.2) is 6.61 Å². The maximum absolute atomic E-state index is 11.7. The van der Waals surface area contributed by atoms with E-state index in [2.05, 4.69) is 10.6 Å². The van der Waals surface area contributed by atoms with E-state index >= 15 is 0 Å². The van der Waals surface area contributed by atoms with Crippen molar-refractivity contribution in [1.82, 2.24) is 10.6 Å². The number of piperidine rings is 1. The minimum Gasteiger partial charge on any atom is -0.497 e. The summed E-state index contributed by atoms with van der Waals surface area (Å²) in [6.07, 6.45) is 2.36. The zero-order valence-corrected chi connectivity index (χ0v) is 11.9. The smallest absolute Gasteiger partial charge is 0.257 e. The Kier molecular flexibility index (Phi) is 5.68. The lowest BCUT2D eigenvalue weighted by Gasteiger charge is -2.22. The molecule has 0 bridgehead atoms. The molecule has 5 nitrogen and oxygen atoms in total. The van der Waals surface area contributed by atoms with Crippen LogP contribution in [0.1, 0.15) is 12.8 Å². The van der Waals surface area contributed by atoms with Gasteiger partial charge in [0.05, 0.1) is 7.11 Å². The van der Waals surface area contributed by atoms with E-state index in [-0.39, 0.29) is 12.5 Å². The number of nitrogens with one attached hydrogen (secondary N) is 2. The molecule has 20 heavy (non-hydrogen) atoms. The van der Waals surface area contributed by atoms with Crippen LogP contribution in [0.4, 0.5) is 0 Å². The molecule has 1 unspecified atom stereocenters. The van der Waals surface area contributed by atoms with Gasteiger partial charge in [-0.05, 0) is 56.1 Å². The normalized spacial score (nSPS) is 18.4. The minimum atomic E-state index is -0.0774. The van der Waals surface area contributed by atoms with Crippen LogP contribution < -0.4 is 20.1 Å². The molecule has 0 spiro atoms. The lowest BCUT2D eigenvalue weighted by atomic mass is 10.00. The van der Waals surface area contributed by atoms with E-state index in [0.717, 1.165) is 25.4 Å². The Labute approximate surface area is 119 Å². The minimum absolute atomic E-state index is 0.0481. The molecule has 2 N–H and O–H groups in total. The van der Waals surface area contributed by atoms with E-state index in [1.807, 2.05) is 0 Å². The van der Waals surface area contributed by atoms with Crippen molar-refractivity contribution in [3.05, 3.63) is 24.3 Å². The molecule has 0 aliphatic carbocycles. The van der Waals surface area contributed by atoms with Crippen LogP contribution >= 0.6 is 0 Å². The van der Waals surface area contributed by atoms with Gasteiger partial charge in [0, 0.05) is 6.54 Å². The van der Waals surface area contributed by atoms with Crippen LogP contribution in [0, 0.1) is 5.92 Å². The fourth-order valence-corrected chi connectivity index (χ4v) is 2.23. The fraction of sp³-hybridized carbons (Fsp3) is 0.533. The van der Waals surface area contributed by atoms with Crippen LogP contribution in [0.5, 0.6) is 11.5 Å². The van der Waals surface area contributed by atoms with Crippen LogP contribution in [0.25, 0.3) is 0 Å². The Morgan fingerprint density at radius 2 is 2.10 bits per heavy atom. The molecule has 1 amide bonds. The van der Waals surface area contributed by atoms with Gasteiger partial charge in [0.1, 0.15) is 11.5 Å². The summed E-state index contributed by atoms with van der Waals surface area (Å²) in [5.74, 6) is 1.90. The number of hydrogen-bond donors (Lipinski definition) is 2. The Balaban J connectivity index is 1.66. The molecule has 1 heterocycles. The third-order valence-corrected chi connectivity index (χ3v) is 3.42. The molecule has 1 fully saturated rings. The number of rotatable bonds is 6. The second-order valence-corrected chi connectivity index (χ2v) is 4.98. The van der Waals surface area contributed by atoms with Gasteiger partial charge in [0.2, 0.25) is 0 Å². The van der Waals surface area contributed by atoms with E-state index in [4.69, 9.17) is 9.47 Å². The lowest BCUT2D eigenvalue weighted by Crippen LogP contribution is -2.39. The van der Waals surface area contributed by atoms with E-state index in [1.165, 1.54) is 12.8 Å². The molecule has 1 saturated heterocycles. The van der Waals surface area contributed by atoms with Crippen molar-refractivity contribution in [3.8, 4) is 11.5 Å². The highest BCUT2D eigenvalue weighted by Crippen LogP contribution is 2.16. The number of ether oxygens (including phenoxy) is 2. The second-order valence-electron chi connectivity index (χ2n) is 4.98. The number of carbonyl (C=O) groups is 1. The van der Waals surface area contributed by atoms with Gasteiger partial charge in [0.25, 0.3) is 5.91 Å². The molecule has 1 aliphatic rings. The highest BCUT2D eigenvalue weighted by atomic mass is 16.5. The van der Waals surface area contributed by atoms with Crippen molar-refractivity contribution in [1.29, 1.82) is 0 Å². The SMILES string of the molecule is COc1ccc(OCC(=O)NCC2CCCNC2)cc1. The summed E-state index contributed by atoms with van der Waals surface area (Å²) < 4.78 is 10.5. The summed E-state index contributed by atoms with van der Waals surface area (Å²) >= 11 is 0. The third kappa shape index (κ3) is 4.74. The monoisotopic (exact) mass is 278 g/mol. The summed E-state index contributed by atoms with van der Waals surface area (Å²) in [6.45, 7) is 2.84. The first kappa shape index (κ1) is 14.7. The first-order chi connectivity index (χ1) is 9.78. The second kappa shape index (κ2) is 7.75. The highest BCUT2D eigenvalue weighted by Gasteiger charge is 2.13. The largest absolute Gasteiger partial charge is 0.497 e. The van der Waals surface area contributed by atoms with E-state index in [9.17, 15) is 4.79 Å². The topological polar surface area (TPSA) is 59.6 Å². The van der Waals surface area contributed by atoms with Gasteiger partial charge in [-0.1, -0.05) is 0 Å². The summed E-state index contributed by atoms with van der Waals surface area (Å²) in [6, 6.07) is 7.19. The molecular weight excluding hydrogens is 256 g/mol. The Morgan fingerprint density at radius 1 is 1.35 bits per heavy atom. The molecule has 2 rings (SSSR count). The van der Waals surface area contributed by atoms with Gasteiger partial charge >= 0.3 is 0 Å². The molecule has 1 aliphatic heterocycles. The maximum Gasteiger partial charge on any atom is 0.257 e. The first-order valence-corrected chi connectivity index (χ1v) is 7.02. The lowest BCUT2D eigenvalue weighted by molar-refractivity contribution is -0.123. The fourth-order valence-electron chi connectivity index (χ4n) is 2.23. The summed E-state index contributed by atoms with van der Waals surface area (Å²) in [7, 11) is 1.61. The summed E-state index contributed by atoms with van der Waals surface area (Å²) in [5, 5.41) is 6.25. The van der Waals surface area contributed by atoms with Gasteiger partial charge < -0.3 is 20.1 Å². The standard InChI is InChI=1S/C15H22N2O3/c1-19-13-4-6-14(7-5-13)20-11-15(18)17-10-12-3-2-8-16-9-12/h4-7,12,16H,2-3,8-11H2,1H3,(H,17,18). The van der Waals surface area contributed by atoms with Crippen LogP contribution in [0.2, 0.25) is 0 Å². The first-order valence-electron chi connectivity index (χ1n) is 7.02. The van der Waals surface area contributed by atoms with Crippen molar-refractivity contribution >= 4 is 5.91 Å². The molecule has 1 aromatic carbocycles. The number of methoxy groups -OCH3 is 1. The molecule has 110 valence electrons. The van der Waals surface area contributed by atoms with Crippen LogP contribution in [0.15, 0.2) is 24.3 Å². The summed E-state index contributed by atoms with van der Waals surface area (Å²) in [4.78, 5) is 11.7. The maximum atomic E-state index is 11.7. The van der Waals surface area contributed by atoms with Crippen LogP contribution in [-0.2, 0) is 4.79 Å². The van der Waals surface area contributed by atoms with Gasteiger partial charge in [-0.15, -0.1) is 0 Å². The average molecular weight is 278 g/mol. The molecular formula is C15H22N2O3. The predicted molar refractivity (Wildman–Crippen MR) is 77.1 cm³/mol. The Morgan fingerprint density at radius 3 is 2.75 bits per heavy atom. The number of amides is 1. The van der Waals surface area contributed by atoms with E-state index in [1.54, 1.807) is 31.4 Å². The van der Waals surface area contributed by atoms with E-state index < -0.39 is 0 Å². The molecule has 1 aromatic rings. The molecule has 1 atom stereocenters. The zero-order chi connectivity index (χ0) is 14.2. The number of hydrogen-bond acceptors (Lipinski definition) is 4. The third-order valence-electron chi connectivity index (χ3n) is 3.42. The van der Waals surface area contributed by atoms with Crippen molar-refractivity contribution in [3.63, 3.8) is 0 Å². The quantitative estimate of drug-likeness (QED) is 0.820. The zero-order valence-electron chi connectivity index (χ0n) is 11.9. The Bertz CT molecular complexity index is 414. The van der Waals surface area contributed by atoms with Crippen molar-refractivity contribution in [2.75, 3.05) is 33.4 Å². The number of carbonyl (C=O) groups excluding carboxylic acids is 1. The molecule has 0 aromatic heterocycles. The van der Waals surface area contributed by atoms with Crippen molar-refractivity contribution in [2.45, 2.75) is 12.8 Å². The van der Waals surface area contributed by atoms with Gasteiger partial charge in [-0.2, -0.15) is 0 Å². The summed E-state index contributed by atoms with van der Waals surface area (Å²) in [5.41, 5.74) is 0. The molecule has 0 radical (unpaired) electrons. The van der Waals surface area contributed by atoms with Crippen LogP contribution in [-0.4, -0.2) is 39.3 Å². The van der Waals surface area contributed by atoms with Gasteiger partial charge in [-0.3, -0.25) is 4.79 Å². The highest BCUT2D eigenvalue weighted by molar-refractivity contribution is 5.77. The average Bonchev–Trinajstić information content (AvgIpc) is 2.52. The van der Waals surface area contributed by atoms with Gasteiger partial charge in [-0.25, -0.2) is 0 Å². The molecule has 5 heteroatoms. The van der Waals surface area contributed by atoms with Crippen LogP contribution in [0.3, 0.4) is 0 Å². The Hall–Kier alpha value is -1.75.